The van der Waals surface area contributed by atoms with Crippen molar-refractivity contribution in [3.8, 4) is 5.69 Å². The third-order valence-corrected chi connectivity index (χ3v) is 5.40. The van der Waals surface area contributed by atoms with Crippen LogP contribution in [0.1, 0.15) is 35.8 Å². The number of H-pyrrole nitrogens is 2. The number of hydrogen-bond acceptors (Lipinski definition) is 5. The number of nitrogens with one attached hydrogen (secondary N) is 4. The lowest BCUT2D eigenvalue weighted by Gasteiger charge is -2.13. The molecule has 4 N–H and O–H groups in total. The molecule has 4 aromatic rings. The molecule has 0 bridgehead atoms. The molecule has 2 heterocycles. The molecule has 11 heteroatoms. The number of hydrogen-bond donors (Lipinski definition) is 4. The molecule has 0 aliphatic heterocycles. The number of fused-ring (bicyclic) bond motifs is 1. The van der Waals surface area contributed by atoms with E-state index in [4.69, 9.17) is 11.6 Å². The summed E-state index contributed by atoms with van der Waals surface area (Å²) in [7, 11) is 0. The van der Waals surface area contributed by atoms with Gasteiger partial charge in [0.2, 0.25) is 5.91 Å². The van der Waals surface area contributed by atoms with Gasteiger partial charge in [-0.05, 0) is 36.2 Å². The first-order chi connectivity index (χ1) is 16.3. The third-order valence-electron chi connectivity index (χ3n) is 5.16. The van der Waals surface area contributed by atoms with Crippen LogP contribution >= 0.6 is 11.6 Å². The molecule has 0 radical (unpaired) electrons. The highest BCUT2D eigenvalue weighted by Crippen LogP contribution is 2.24. The Labute approximate surface area is 197 Å². The Kier molecular flexibility index (Phi) is 6.33. The minimum absolute atomic E-state index is 0.0449. The van der Waals surface area contributed by atoms with Crippen LogP contribution in [0.15, 0.2) is 58.3 Å². The molecular formula is C23H21ClN6O4. The lowest BCUT2D eigenvalue weighted by molar-refractivity contribution is -0.115. The quantitative estimate of drug-likeness (QED) is 0.335. The van der Waals surface area contributed by atoms with Crippen LogP contribution in [-0.4, -0.2) is 38.3 Å². The number of aromatic amines is 2. The van der Waals surface area contributed by atoms with Crippen LogP contribution in [0.3, 0.4) is 0 Å². The zero-order valence-electron chi connectivity index (χ0n) is 18.3. The first-order valence-corrected chi connectivity index (χ1v) is 10.8. The number of nitrogens with zero attached hydrogens (tertiary/aromatic N) is 2. The van der Waals surface area contributed by atoms with Crippen LogP contribution in [0.4, 0.5) is 5.69 Å². The zero-order chi connectivity index (χ0) is 24.4. The molecule has 2 amide bonds. The molecule has 2 aromatic carbocycles. The Balaban J connectivity index is 1.52. The van der Waals surface area contributed by atoms with E-state index in [1.165, 1.54) is 18.3 Å². The summed E-state index contributed by atoms with van der Waals surface area (Å²) in [4.78, 5) is 49.5. The summed E-state index contributed by atoms with van der Waals surface area (Å²) in [5, 5.41) is 14.7. The minimum atomic E-state index is -0.561. The molecule has 0 spiro atoms. The van der Waals surface area contributed by atoms with E-state index in [-0.39, 0.29) is 28.9 Å². The topological polar surface area (TPSA) is 142 Å². The standard InChI is InChI=1S/C23H21ClN6O4/c1-12(2)20-16(10-26-30(20)14-6-3-5-13(24)9-14)21(32)25-11-18(31)27-17-8-4-7-15-19(17)23(34)29-28-22(15)33/h3-10,12H,11H2,1-2H3,(H,25,32)(H,27,31)(H,28,33)(H,29,34). The van der Waals surface area contributed by atoms with E-state index in [1.54, 1.807) is 28.9 Å². The highest BCUT2D eigenvalue weighted by atomic mass is 35.5. The summed E-state index contributed by atoms with van der Waals surface area (Å²) in [5.74, 6) is -1.08. The molecule has 0 aliphatic rings. The number of amides is 2. The van der Waals surface area contributed by atoms with Gasteiger partial charge in [-0.15, -0.1) is 0 Å². The van der Waals surface area contributed by atoms with Gasteiger partial charge in [0.15, 0.2) is 0 Å². The van der Waals surface area contributed by atoms with Gasteiger partial charge in [0.1, 0.15) is 0 Å². The van der Waals surface area contributed by atoms with Gasteiger partial charge >= 0.3 is 0 Å². The number of rotatable bonds is 6. The SMILES string of the molecule is CC(C)c1c(C(=O)NCC(=O)Nc2cccc3c(=O)[nH][nH]c(=O)c23)cnn1-c1cccc(Cl)c1. The molecule has 0 unspecified atom stereocenters. The summed E-state index contributed by atoms with van der Waals surface area (Å²) in [5.41, 5.74) is 0.835. The molecule has 0 fully saturated rings. The molecule has 0 atom stereocenters. The molecule has 174 valence electrons. The van der Waals surface area contributed by atoms with Crippen LogP contribution < -0.4 is 21.8 Å². The lowest BCUT2D eigenvalue weighted by atomic mass is 10.0. The van der Waals surface area contributed by atoms with Crippen molar-refractivity contribution in [1.29, 1.82) is 0 Å². The summed E-state index contributed by atoms with van der Waals surface area (Å²) in [6, 6.07) is 11.6. The van der Waals surface area contributed by atoms with Gasteiger partial charge in [-0.1, -0.05) is 37.6 Å². The van der Waals surface area contributed by atoms with E-state index >= 15 is 0 Å². The zero-order valence-corrected chi connectivity index (χ0v) is 19.1. The second-order valence-electron chi connectivity index (χ2n) is 7.86. The van der Waals surface area contributed by atoms with E-state index in [9.17, 15) is 19.2 Å². The van der Waals surface area contributed by atoms with Crippen LogP contribution in [0, 0.1) is 0 Å². The van der Waals surface area contributed by atoms with Crippen LogP contribution in [-0.2, 0) is 4.79 Å². The summed E-state index contributed by atoms with van der Waals surface area (Å²) < 4.78 is 1.64. The van der Waals surface area contributed by atoms with Gasteiger partial charge in [0.25, 0.3) is 17.0 Å². The van der Waals surface area contributed by atoms with Crippen molar-refractivity contribution in [1.82, 2.24) is 25.3 Å². The largest absolute Gasteiger partial charge is 0.343 e. The molecule has 0 saturated heterocycles. The van der Waals surface area contributed by atoms with E-state index in [2.05, 4.69) is 25.9 Å². The number of aromatic nitrogens is 4. The summed E-state index contributed by atoms with van der Waals surface area (Å²) >= 11 is 6.10. The van der Waals surface area contributed by atoms with Crippen molar-refractivity contribution in [3.63, 3.8) is 0 Å². The molecule has 2 aromatic heterocycles. The highest BCUT2D eigenvalue weighted by Gasteiger charge is 2.21. The van der Waals surface area contributed by atoms with Gasteiger partial charge in [-0.25, -0.2) is 4.68 Å². The Morgan fingerprint density at radius 3 is 2.56 bits per heavy atom. The maximum atomic E-state index is 12.9. The number of anilines is 1. The van der Waals surface area contributed by atoms with Crippen molar-refractivity contribution < 1.29 is 9.59 Å². The highest BCUT2D eigenvalue weighted by molar-refractivity contribution is 6.30. The molecule has 10 nitrogen and oxygen atoms in total. The number of carbonyl (C=O) groups is 2. The predicted octanol–water partition coefficient (Wildman–Crippen LogP) is 2.55. The second kappa shape index (κ2) is 9.36. The maximum absolute atomic E-state index is 12.9. The van der Waals surface area contributed by atoms with E-state index in [1.807, 2.05) is 19.9 Å². The Morgan fingerprint density at radius 2 is 1.82 bits per heavy atom. The number of benzene rings is 2. The van der Waals surface area contributed by atoms with Gasteiger partial charge in [-0.2, -0.15) is 5.10 Å². The smallest absolute Gasteiger partial charge is 0.272 e. The fraction of sp³-hybridized carbons (Fsp3) is 0.174. The Bertz CT molecular complexity index is 1520. The van der Waals surface area contributed by atoms with Crippen molar-refractivity contribution >= 4 is 39.9 Å². The maximum Gasteiger partial charge on any atom is 0.272 e. The van der Waals surface area contributed by atoms with E-state index < -0.39 is 22.9 Å². The van der Waals surface area contributed by atoms with E-state index in [0.717, 1.165) is 0 Å². The van der Waals surface area contributed by atoms with Crippen molar-refractivity contribution in [2.45, 2.75) is 19.8 Å². The number of carbonyl (C=O) groups excluding carboxylic acids is 2. The third kappa shape index (κ3) is 4.48. The van der Waals surface area contributed by atoms with Crippen LogP contribution in [0.25, 0.3) is 16.5 Å². The molecule has 0 saturated carbocycles. The lowest BCUT2D eigenvalue weighted by Crippen LogP contribution is -2.33. The van der Waals surface area contributed by atoms with Crippen LogP contribution in [0.2, 0.25) is 5.02 Å². The molecular weight excluding hydrogens is 460 g/mol. The summed E-state index contributed by atoms with van der Waals surface area (Å²) in [6.07, 6.45) is 1.44. The minimum Gasteiger partial charge on any atom is -0.343 e. The fourth-order valence-corrected chi connectivity index (χ4v) is 3.87. The van der Waals surface area contributed by atoms with E-state index in [0.29, 0.717) is 22.0 Å². The number of halogens is 1. The van der Waals surface area contributed by atoms with Crippen molar-refractivity contribution in [2.75, 3.05) is 11.9 Å². The van der Waals surface area contributed by atoms with Crippen molar-refractivity contribution in [3.05, 3.63) is 85.6 Å². The Morgan fingerprint density at radius 1 is 1.09 bits per heavy atom. The fourth-order valence-electron chi connectivity index (χ4n) is 3.69. The Hall–Kier alpha value is -4.18. The second-order valence-corrected chi connectivity index (χ2v) is 8.29. The molecule has 34 heavy (non-hydrogen) atoms. The normalized spacial score (nSPS) is 11.1. The average molecular weight is 481 g/mol. The molecule has 0 aliphatic carbocycles. The first kappa shape index (κ1) is 23.0. The first-order valence-electron chi connectivity index (χ1n) is 10.4. The van der Waals surface area contributed by atoms with Gasteiger partial charge in [0, 0.05) is 5.02 Å². The van der Waals surface area contributed by atoms with Gasteiger partial charge < -0.3 is 10.6 Å². The average Bonchev–Trinajstić information content (AvgIpc) is 3.26. The summed E-state index contributed by atoms with van der Waals surface area (Å²) in [6.45, 7) is 3.51. The van der Waals surface area contributed by atoms with Gasteiger partial charge in [0.05, 0.1) is 46.1 Å². The van der Waals surface area contributed by atoms with Crippen LogP contribution in [0.5, 0.6) is 0 Å². The van der Waals surface area contributed by atoms with Gasteiger partial charge in [-0.3, -0.25) is 29.4 Å². The molecule has 4 rings (SSSR count). The predicted molar refractivity (Wildman–Crippen MR) is 129 cm³/mol. The van der Waals surface area contributed by atoms with Crippen molar-refractivity contribution in [2.24, 2.45) is 0 Å². The monoisotopic (exact) mass is 480 g/mol.